The summed E-state index contributed by atoms with van der Waals surface area (Å²) < 4.78 is 0. The van der Waals surface area contributed by atoms with Crippen molar-refractivity contribution >= 4 is 5.97 Å². The van der Waals surface area contributed by atoms with E-state index in [0.29, 0.717) is 6.54 Å². The van der Waals surface area contributed by atoms with Gasteiger partial charge in [-0.15, -0.1) is 0 Å². The number of carbonyl (C=O) groups is 1. The zero-order chi connectivity index (χ0) is 10.4. The van der Waals surface area contributed by atoms with Crippen LogP contribution in [0.25, 0.3) is 0 Å². The SMILES string of the molecule is CC(CO)CN(CC(=O)O)C(C)C. The molecule has 1 unspecified atom stereocenters. The van der Waals surface area contributed by atoms with Crippen molar-refractivity contribution in [1.82, 2.24) is 4.90 Å². The van der Waals surface area contributed by atoms with Gasteiger partial charge in [0.25, 0.3) is 0 Å². The molecule has 0 saturated carbocycles. The van der Waals surface area contributed by atoms with Crippen LogP contribution in [0, 0.1) is 5.92 Å². The molecular formula is C9H19NO3. The zero-order valence-corrected chi connectivity index (χ0v) is 8.53. The maximum Gasteiger partial charge on any atom is 0.317 e. The monoisotopic (exact) mass is 189 g/mol. The first-order valence-corrected chi connectivity index (χ1v) is 4.54. The number of aliphatic carboxylic acids is 1. The fourth-order valence-corrected chi connectivity index (χ4v) is 1.09. The van der Waals surface area contributed by atoms with Gasteiger partial charge in [-0.3, -0.25) is 9.69 Å². The average Bonchev–Trinajstić information content (AvgIpc) is 2.02. The second-order valence-corrected chi connectivity index (χ2v) is 3.70. The Morgan fingerprint density at radius 3 is 2.23 bits per heavy atom. The number of hydrogen-bond donors (Lipinski definition) is 2. The largest absolute Gasteiger partial charge is 0.480 e. The third-order valence-electron chi connectivity index (χ3n) is 1.93. The molecule has 0 aliphatic heterocycles. The molecule has 0 heterocycles. The molecule has 0 aromatic rings. The normalized spacial score (nSPS) is 13.7. The number of carboxylic acids is 1. The van der Waals surface area contributed by atoms with Crippen LogP contribution in [0.2, 0.25) is 0 Å². The van der Waals surface area contributed by atoms with Gasteiger partial charge in [0.05, 0.1) is 6.54 Å². The zero-order valence-electron chi connectivity index (χ0n) is 8.53. The van der Waals surface area contributed by atoms with E-state index in [9.17, 15) is 4.79 Å². The van der Waals surface area contributed by atoms with E-state index in [1.807, 2.05) is 25.7 Å². The molecule has 0 rings (SSSR count). The molecule has 78 valence electrons. The highest BCUT2D eigenvalue weighted by Crippen LogP contribution is 2.03. The van der Waals surface area contributed by atoms with Crippen LogP contribution >= 0.6 is 0 Å². The van der Waals surface area contributed by atoms with E-state index in [1.54, 1.807) is 0 Å². The quantitative estimate of drug-likeness (QED) is 0.635. The first kappa shape index (κ1) is 12.4. The van der Waals surface area contributed by atoms with Crippen molar-refractivity contribution in [2.24, 2.45) is 5.92 Å². The Hall–Kier alpha value is -0.610. The Labute approximate surface area is 79.2 Å². The molecule has 0 aliphatic carbocycles. The van der Waals surface area contributed by atoms with Crippen molar-refractivity contribution in [3.05, 3.63) is 0 Å². The van der Waals surface area contributed by atoms with E-state index >= 15 is 0 Å². The molecule has 2 N–H and O–H groups in total. The van der Waals surface area contributed by atoms with E-state index < -0.39 is 5.97 Å². The van der Waals surface area contributed by atoms with Gasteiger partial charge in [0, 0.05) is 19.2 Å². The molecular weight excluding hydrogens is 170 g/mol. The minimum Gasteiger partial charge on any atom is -0.480 e. The number of aliphatic hydroxyl groups excluding tert-OH is 1. The lowest BCUT2D eigenvalue weighted by Crippen LogP contribution is -2.39. The fraction of sp³-hybridized carbons (Fsp3) is 0.889. The molecule has 0 fully saturated rings. The highest BCUT2D eigenvalue weighted by atomic mass is 16.4. The van der Waals surface area contributed by atoms with Crippen LogP contribution in [0.5, 0.6) is 0 Å². The van der Waals surface area contributed by atoms with Crippen LogP contribution in [-0.4, -0.2) is 46.8 Å². The molecule has 4 nitrogen and oxygen atoms in total. The molecule has 1 atom stereocenters. The Morgan fingerprint density at radius 2 is 1.92 bits per heavy atom. The highest BCUT2D eigenvalue weighted by molar-refractivity contribution is 5.69. The van der Waals surface area contributed by atoms with Crippen LogP contribution in [-0.2, 0) is 4.79 Å². The maximum absolute atomic E-state index is 10.5. The van der Waals surface area contributed by atoms with E-state index in [1.165, 1.54) is 0 Å². The molecule has 0 saturated heterocycles. The summed E-state index contributed by atoms with van der Waals surface area (Å²) in [4.78, 5) is 12.3. The van der Waals surface area contributed by atoms with Crippen LogP contribution in [0.3, 0.4) is 0 Å². The Kier molecular flexibility index (Phi) is 5.66. The minimum atomic E-state index is -0.821. The van der Waals surface area contributed by atoms with Gasteiger partial charge in [-0.2, -0.15) is 0 Å². The Morgan fingerprint density at radius 1 is 1.38 bits per heavy atom. The predicted octanol–water partition coefficient (Wildman–Crippen LogP) is 0.410. The molecule has 0 aromatic carbocycles. The van der Waals surface area contributed by atoms with Crippen LogP contribution in [0.4, 0.5) is 0 Å². The van der Waals surface area contributed by atoms with Crippen molar-refractivity contribution in [2.45, 2.75) is 26.8 Å². The molecule has 0 aliphatic rings. The standard InChI is InChI=1S/C9H19NO3/c1-7(2)10(5-9(12)13)4-8(3)6-11/h7-8,11H,4-6H2,1-3H3,(H,12,13). The molecule has 0 amide bonds. The van der Waals surface area contributed by atoms with Gasteiger partial charge < -0.3 is 10.2 Å². The smallest absolute Gasteiger partial charge is 0.317 e. The van der Waals surface area contributed by atoms with Crippen molar-refractivity contribution in [2.75, 3.05) is 19.7 Å². The second-order valence-electron chi connectivity index (χ2n) is 3.70. The molecule has 13 heavy (non-hydrogen) atoms. The minimum absolute atomic E-state index is 0.0437. The molecule has 0 bridgehead atoms. The summed E-state index contributed by atoms with van der Waals surface area (Å²) in [5, 5.41) is 17.4. The summed E-state index contributed by atoms with van der Waals surface area (Å²) in [6.45, 7) is 6.57. The molecule has 4 heteroatoms. The summed E-state index contributed by atoms with van der Waals surface area (Å²) in [6.07, 6.45) is 0. The van der Waals surface area contributed by atoms with Crippen LogP contribution < -0.4 is 0 Å². The number of rotatable bonds is 6. The number of carboxylic acid groups (broad SMARTS) is 1. The van der Waals surface area contributed by atoms with Crippen molar-refractivity contribution < 1.29 is 15.0 Å². The van der Waals surface area contributed by atoms with Crippen LogP contribution in [0.1, 0.15) is 20.8 Å². The number of hydrogen-bond acceptors (Lipinski definition) is 3. The Balaban J connectivity index is 4.02. The maximum atomic E-state index is 10.5. The molecule has 0 aromatic heterocycles. The van der Waals surface area contributed by atoms with Crippen LogP contribution in [0.15, 0.2) is 0 Å². The molecule has 0 spiro atoms. The predicted molar refractivity (Wildman–Crippen MR) is 50.6 cm³/mol. The summed E-state index contributed by atoms with van der Waals surface area (Å²) in [6, 6.07) is 0.199. The lowest BCUT2D eigenvalue weighted by Gasteiger charge is -2.26. The summed E-state index contributed by atoms with van der Waals surface area (Å²) in [5.41, 5.74) is 0. The summed E-state index contributed by atoms with van der Waals surface area (Å²) in [5.74, 6) is -0.694. The lowest BCUT2D eigenvalue weighted by molar-refractivity contribution is -0.139. The van der Waals surface area contributed by atoms with E-state index in [-0.39, 0.29) is 25.1 Å². The Bertz CT molecular complexity index is 159. The molecule has 0 radical (unpaired) electrons. The fourth-order valence-electron chi connectivity index (χ4n) is 1.09. The van der Waals surface area contributed by atoms with E-state index in [2.05, 4.69) is 0 Å². The number of nitrogens with zero attached hydrogens (tertiary/aromatic N) is 1. The van der Waals surface area contributed by atoms with Gasteiger partial charge in [-0.05, 0) is 19.8 Å². The number of aliphatic hydroxyl groups is 1. The first-order valence-electron chi connectivity index (χ1n) is 4.54. The third kappa shape index (κ3) is 5.60. The van der Waals surface area contributed by atoms with Crippen molar-refractivity contribution in [1.29, 1.82) is 0 Å². The van der Waals surface area contributed by atoms with Gasteiger partial charge in [-0.25, -0.2) is 0 Å². The summed E-state index contributed by atoms with van der Waals surface area (Å²) >= 11 is 0. The van der Waals surface area contributed by atoms with Gasteiger partial charge in [-0.1, -0.05) is 6.92 Å². The summed E-state index contributed by atoms with van der Waals surface area (Å²) in [7, 11) is 0. The van der Waals surface area contributed by atoms with E-state index in [0.717, 1.165) is 0 Å². The van der Waals surface area contributed by atoms with Crippen molar-refractivity contribution in [3.8, 4) is 0 Å². The second kappa shape index (κ2) is 5.94. The van der Waals surface area contributed by atoms with Gasteiger partial charge in [0.2, 0.25) is 0 Å². The third-order valence-corrected chi connectivity index (χ3v) is 1.93. The van der Waals surface area contributed by atoms with Gasteiger partial charge >= 0.3 is 5.97 Å². The van der Waals surface area contributed by atoms with Crippen molar-refractivity contribution in [3.63, 3.8) is 0 Å². The van der Waals surface area contributed by atoms with E-state index in [4.69, 9.17) is 10.2 Å². The highest BCUT2D eigenvalue weighted by Gasteiger charge is 2.15. The lowest BCUT2D eigenvalue weighted by atomic mass is 10.1. The average molecular weight is 189 g/mol. The van der Waals surface area contributed by atoms with Gasteiger partial charge in [0.15, 0.2) is 0 Å². The first-order chi connectivity index (χ1) is 5.97. The topological polar surface area (TPSA) is 60.8 Å². The van der Waals surface area contributed by atoms with Gasteiger partial charge in [0.1, 0.15) is 0 Å².